The molecule has 2 heterocycles. The zero-order chi connectivity index (χ0) is 12.5. The number of nitrogens with one attached hydrogen (secondary N) is 2. The number of carbonyl (C=O) groups excluding carboxylic acids is 1. The first kappa shape index (κ1) is 11.7. The Morgan fingerprint density at radius 2 is 2.24 bits per heavy atom. The summed E-state index contributed by atoms with van der Waals surface area (Å²) in [6, 6.07) is 0. The van der Waals surface area contributed by atoms with Crippen LogP contribution in [-0.4, -0.2) is 26.1 Å². The summed E-state index contributed by atoms with van der Waals surface area (Å²) >= 11 is 1.40. The Balaban J connectivity index is 2.10. The van der Waals surface area contributed by atoms with E-state index in [9.17, 15) is 4.79 Å². The van der Waals surface area contributed by atoms with Crippen LogP contribution in [0.15, 0.2) is 11.7 Å². The van der Waals surface area contributed by atoms with Crippen molar-refractivity contribution in [1.82, 2.24) is 20.2 Å². The molecule has 0 aromatic carbocycles. The van der Waals surface area contributed by atoms with E-state index >= 15 is 0 Å². The number of carbonyl (C=O) groups is 1. The number of rotatable bonds is 2. The van der Waals surface area contributed by atoms with Gasteiger partial charge in [-0.2, -0.15) is 5.10 Å². The van der Waals surface area contributed by atoms with E-state index in [2.05, 4.69) is 46.3 Å². The van der Waals surface area contributed by atoms with Crippen molar-refractivity contribution in [3.05, 3.63) is 23.2 Å². The van der Waals surface area contributed by atoms with Gasteiger partial charge in [-0.3, -0.25) is 15.2 Å². The monoisotopic (exact) mass is 251 g/mol. The van der Waals surface area contributed by atoms with Gasteiger partial charge in [0.1, 0.15) is 6.33 Å². The highest BCUT2D eigenvalue weighted by atomic mass is 32.1. The normalized spacial score (nSPS) is 11.5. The molecule has 0 spiro atoms. The van der Waals surface area contributed by atoms with E-state index in [0.29, 0.717) is 5.13 Å². The molecule has 2 aromatic heterocycles. The highest BCUT2D eigenvalue weighted by Gasteiger charge is 2.18. The number of H-pyrrole nitrogens is 1. The smallest absolute Gasteiger partial charge is 0.294 e. The summed E-state index contributed by atoms with van der Waals surface area (Å²) in [5.41, 5.74) is 0.932. The molecule has 6 nitrogen and oxygen atoms in total. The Hall–Kier alpha value is -1.76. The number of hydrogen-bond acceptors (Lipinski definition) is 5. The van der Waals surface area contributed by atoms with Gasteiger partial charge >= 0.3 is 0 Å². The molecule has 0 radical (unpaired) electrons. The zero-order valence-corrected chi connectivity index (χ0v) is 10.6. The molecule has 0 saturated heterocycles. The summed E-state index contributed by atoms with van der Waals surface area (Å²) in [7, 11) is 0. The standard InChI is InChI=1S/C10H13N5OS/c1-10(2,3)6-4-17-9(13-6)14-8(16)7-11-5-12-15-7/h4-5H,1-3H3,(H,11,12,15)(H,13,14,16). The first-order chi connectivity index (χ1) is 7.97. The molecule has 2 rings (SSSR count). The zero-order valence-electron chi connectivity index (χ0n) is 9.81. The van der Waals surface area contributed by atoms with Crippen molar-refractivity contribution in [2.24, 2.45) is 0 Å². The number of amides is 1. The van der Waals surface area contributed by atoms with Gasteiger partial charge in [0, 0.05) is 10.8 Å². The molecule has 0 aliphatic rings. The SMILES string of the molecule is CC(C)(C)c1csc(NC(=O)c2ncn[nH]2)n1. The van der Waals surface area contributed by atoms with Crippen molar-refractivity contribution in [3.63, 3.8) is 0 Å². The predicted octanol–water partition coefficient (Wildman–Crippen LogP) is 1.81. The minimum Gasteiger partial charge on any atom is -0.295 e. The second kappa shape index (κ2) is 4.25. The lowest BCUT2D eigenvalue weighted by molar-refractivity contribution is 0.101. The maximum atomic E-state index is 11.7. The summed E-state index contributed by atoms with van der Waals surface area (Å²) in [6.45, 7) is 6.22. The van der Waals surface area contributed by atoms with Crippen LogP contribution >= 0.6 is 11.3 Å². The van der Waals surface area contributed by atoms with Gasteiger partial charge in [-0.25, -0.2) is 9.97 Å². The topological polar surface area (TPSA) is 83.6 Å². The second-order valence-electron chi connectivity index (χ2n) is 4.58. The molecule has 0 aliphatic carbocycles. The maximum absolute atomic E-state index is 11.7. The highest BCUT2D eigenvalue weighted by molar-refractivity contribution is 7.14. The van der Waals surface area contributed by atoms with Crippen LogP contribution in [0.5, 0.6) is 0 Å². The van der Waals surface area contributed by atoms with Crippen LogP contribution in [0.4, 0.5) is 5.13 Å². The molecule has 0 bridgehead atoms. The van der Waals surface area contributed by atoms with Crippen LogP contribution in [0.3, 0.4) is 0 Å². The molecular formula is C10H13N5OS. The summed E-state index contributed by atoms with van der Waals surface area (Å²) in [5, 5.41) is 11.3. The fourth-order valence-corrected chi connectivity index (χ4v) is 2.08. The van der Waals surface area contributed by atoms with E-state index in [0.717, 1.165) is 5.69 Å². The fraction of sp³-hybridized carbons (Fsp3) is 0.400. The van der Waals surface area contributed by atoms with Gasteiger partial charge in [0.15, 0.2) is 5.13 Å². The molecule has 17 heavy (non-hydrogen) atoms. The molecule has 1 amide bonds. The van der Waals surface area contributed by atoms with Crippen LogP contribution in [0.2, 0.25) is 0 Å². The molecular weight excluding hydrogens is 238 g/mol. The number of aromatic nitrogens is 4. The van der Waals surface area contributed by atoms with Crippen molar-refractivity contribution < 1.29 is 4.79 Å². The predicted molar refractivity (Wildman–Crippen MR) is 65.1 cm³/mol. The van der Waals surface area contributed by atoms with Crippen molar-refractivity contribution in [2.45, 2.75) is 26.2 Å². The Morgan fingerprint density at radius 3 is 2.76 bits per heavy atom. The van der Waals surface area contributed by atoms with E-state index in [1.807, 2.05) is 5.38 Å². The number of nitrogens with zero attached hydrogens (tertiary/aromatic N) is 3. The average Bonchev–Trinajstić information content (AvgIpc) is 2.85. The highest BCUT2D eigenvalue weighted by Crippen LogP contribution is 2.26. The molecule has 0 fully saturated rings. The molecule has 0 aliphatic heterocycles. The van der Waals surface area contributed by atoms with Gasteiger partial charge in [-0.1, -0.05) is 20.8 Å². The summed E-state index contributed by atoms with van der Waals surface area (Å²) in [6.07, 6.45) is 1.29. The Kier molecular flexibility index (Phi) is 2.93. The van der Waals surface area contributed by atoms with Gasteiger partial charge < -0.3 is 0 Å². The minimum absolute atomic E-state index is 0.0221. The van der Waals surface area contributed by atoms with Crippen LogP contribution in [0.1, 0.15) is 37.1 Å². The third kappa shape index (κ3) is 2.68. The van der Waals surface area contributed by atoms with Gasteiger partial charge in [0.2, 0.25) is 5.82 Å². The van der Waals surface area contributed by atoms with Crippen LogP contribution in [0.25, 0.3) is 0 Å². The molecule has 2 N–H and O–H groups in total. The Morgan fingerprint density at radius 1 is 1.47 bits per heavy atom. The molecule has 90 valence electrons. The van der Waals surface area contributed by atoms with Crippen molar-refractivity contribution in [2.75, 3.05) is 5.32 Å². The third-order valence-electron chi connectivity index (χ3n) is 2.12. The molecule has 0 unspecified atom stereocenters. The third-order valence-corrected chi connectivity index (χ3v) is 2.88. The molecule has 0 saturated carbocycles. The van der Waals surface area contributed by atoms with Gasteiger partial charge in [-0.05, 0) is 0 Å². The quantitative estimate of drug-likeness (QED) is 0.852. The van der Waals surface area contributed by atoms with E-state index in [1.165, 1.54) is 17.7 Å². The largest absolute Gasteiger partial charge is 0.295 e. The first-order valence-electron chi connectivity index (χ1n) is 5.09. The van der Waals surface area contributed by atoms with Crippen molar-refractivity contribution in [3.8, 4) is 0 Å². The number of aromatic amines is 1. The van der Waals surface area contributed by atoms with E-state index < -0.39 is 0 Å². The summed E-state index contributed by atoms with van der Waals surface area (Å²) in [4.78, 5) is 19.8. The number of anilines is 1. The summed E-state index contributed by atoms with van der Waals surface area (Å²) in [5.74, 6) is -0.158. The number of thiazole rings is 1. The van der Waals surface area contributed by atoms with Crippen molar-refractivity contribution >= 4 is 22.4 Å². The summed E-state index contributed by atoms with van der Waals surface area (Å²) < 4.78 is 0. The van der Waals surface area contributed by atoms with Gasteiger partial charge in [0.05, 0.1) is 5.69 Å². The maximum Gasteiger partial charge on any atom is 0.294 e. The van der Waals surface area contributed by atoms with E-state index in [4.69, 9.17) is 0 Å². The van der Waals surface area contributed by atoms with Crippen molar-refractivity contribution in [1.29, 1.82) is 0 Å². The Labute approximate surface area is 103 Å². The lowest BCUT2D eigenvalue weighted by Crippen LogP contribution is -2.15. The molecule has 0 atom stereocenters. The van der Waals surface area contributed by atoms with Gasteiger partial charge in [-0.15, -0.1) is 11.3 Å². The number of hydrogen-bond donors (Lipinski definition) is 2. The van der Waals surface area contributed by atoms with E-state index in [1.54, 1.807) is 0 Å². The van der Waals surface area contributed by atoms with Gasteiger partial charge in [0.25, 0.3) is 5.91 Å². The molecule has 7 heteroatoms. The van der Waals surface area contributed by atoms with Crippen LogP contribution in [-0.2, 0) is 5.41 Å². The minimum atomic E-state index is -0.336. The lowest BCUT2D eigenvalue weighted by atomic mass is 9.93. The van der Waals surface area contributed by atoms with E-state index in [-0.39, 0.29) is 17.1 Å². The van der Waals surface area contributed by atoms with Crippen LogP contribution < -0.4 is 5.32 Å². The lowest BCUT2D eigenvalue weighted by Gasteiger charge is -2.14. The first-order valence-corrected chi connectivity index (χ1v) is 5.97. The average molecular weight is 251 g/mol. The molecule has 2 aromatic rings. The van der Waals surface area contributed by atoms with Crippen LogP contribution in [0, 0.1) is 0 Å². The second-order valence-corrected chi connectivity index (χ2v) is 5.43. The fourth-order valence-electron chi connectivity index (χ4n) is 1.15. The Bertz CT molecular complexity index is 511.